The van der Waals surface area contributed by atoms with Crippen molar-refractivity contribution in [3.63, 3.8) is 0 Å². The third kappa shape index (κ3) is 2.24. The lowest BCUT2D eigenvalue weighted by Crippen LogP contribution is -2.06. The van der Waals surface area contributed by atoms with E-state index in [9.17, 15) is 4.39 Å². The van der Waals surface area contributed by atoms with Crippen molar-refractivity contribution in [2.75, 3.05) is 7.05 Å². The van der Waals surface area contributed by atoms with Crippen molar-refractivity contribution in [1.82, 2.24) is 5.32 Å². The van der Waals surface area contributed by atoms with E-state index < -0.39 is 0 Å². The molecule has 0 radical (unpaired) electrons. The fourth-order valence-corrected chi connectivity index (χ4v) is 2.55. The van der Waals surface area contributed by atoms with Crippen LogP contribution in [-0.4, -0.2) is 7.05 Å². The van der Waals surface area contributed by atoms with Crippen LogP contribution in [0.1, 0.15) is 31.1 Å². The van der Waals surface area contributed by atoms with Crippen LogP contribution in [0, 0.1) is 5.82 Å². The number of hydrogen-bond donors (Lipinski definition) is 1. The Labute approximate surface area is 108 Å². The van der Waals surface area contributed by atoms with E-state index in [0.717, 1.165) is 21.2 Å². The Hall–Kier alpha value is -0.870. The minimum atomic E-state index is -0.321. The third-order valence-corrected chi connectivity index (χ3v) is 3.20. The van der Waals surface area contributed by atoms with Gasteiger partial charge >= 0.3 is 0 Å². The molecule has 0 amide bonds. The lowest BCUT2D eigenvalue weighted by molar-refractivity contribution is 0.499. The smallest absolute Gasteiger partial charge is 0.170 e. The Morgan fingerprint density at radius 3 is 2.71 bits per heavy atom. The Kier molecular flexibility index (Phi) is 3.54. The molecule has 0 atom stereocenters. The van der Waals surface area contributed by atoms with Gasteiger partial charge in [-0.05, 0) is 25.1 Å². The molecule has 0 spiro atoms. The predicted molar refractivity (Wildman–Crippen MR) is 70.7 cm³/mol. The number of fused-ring (bicyclic) bond motifs is 1. The van der Waals surface area contributed by atoms with Crippen LogP contribution >= 0.6 is 15.9 Å². The van der Waals surface area contributed by atoms with E-state index >= 15 is 0 Å². The summed E-state index contributed by atoms with van der Waals surface area (Å²) in [7, 11) is 1.85. The largest absolute Gasteiger partial charge is 0.456 e. The van der Waals surface area contributed by atoms with E-state index in [0.29, 0.717) is 18.0 Å². The molecule has 1 aromatic carbocycles. The molecule has 0 saturated heterocycles. The van der Waals surface area contributed by atoms with Crippen LogP contribution in [0.5, 0.6) is 0 Å². The van der Waals surface area contributed by atoms with E-state index in [2.05, 4.69) is 35.1 Å². The molecule has 0 unspecified atom stereocenters. The van der Waals surface area contributed by atoms with Gasteiger partial charge in [-0.25, -0.2) is 4.39 Å². The molecule has 2 rings (SSSR count). The van der Waals surface area contributed by atoms with Gasteiger partial charge in [0.15, 0.2) is 11.4 Å². The maximum absolute atomic E-state index is 13.8. The molecule has 4 heteroatoms. The highest BCUT2D eigenvalue weighted by Crippen LogP contribution is 2.35. The molecular formula is C13H15BrFNO. The van der Waals surface area contributed by atoms with Crippen LogP contribution in [0.15, 0.2) is 21.0 Å². The van der Waals surface area contributed by atoms with Crippen molar-refractivity contribution >= 4 is 26.9 Å². The zero-order valence-corrected chi connectivity index (χ0v) is 11.7. The minimum absolute atomic E-state index is 0.299. The van der Waals surface area contributed by atoms with Gasteiger partial charge in [-0.3, -0.25) is 0 Å². The first-order chi connectivity index (χ1) is 8.04. The Morgan fingerprint density at radius 1 is 1.41 bits per heavy atom. The van der Waals surface area contributed by atoms with E-state index in [4.69, 9.17) is 4.42 Å². The molecule has 1 N–H and O–H groups in total. The summed E-state index contributed by atoms with van der Waals surface area (Å²) in [6.07, 6.45) is 0. The molecular weight excluding hydrogens is 285 g/mol. The predicted octanol–water partition coefficient (Wildman–Crippen LogP) is 4.18. The molecule has 0 aliphatic carbocycles. The molecule has 0 saturated carbocycles. The first-order valence-corrected chi connectivity index (χ1v) is 6.38. The lowest BCUT2D eigenvalue weighted by atomic mass is 9.99. The van der Waals surface area contributed by atoms with Gasteiger partial charge in [-0.2, -0.15) is 0 Å². The topological polar surface area (TPSA) is 25.2 Å². The van der Waals surface area contributed by atoms with Crippen LogP contribution < -0.4 is 5.32 Å². The maximum atomic E-state index is 13.8. The summed E-state index contributed by atoms with van der Waals surface area (Å²) >= 11 is 3.32. The minimum Gasteiger partial charge on any atom is -0.456 e. The van der Waals surface area contributed by atoms with Gasteiger partial charge < -0.3 is 9.73 Å². The van der Waals surface area contributed by atoms with Crippen LogP contribution in [0.4, 0.5) is 4.39 Å². The summed E-state index contributed by atoms with van der Waals surface area (Å²) in [6, 6.07) is 3.34. The van der Waals surface area contributed by atoms with E-state index in [1.165, 1.54) is 6.07 Å². The summed E-state index contributed by atoms with van der Waals surface area (Å²) in [5.74, 6) is 0.793. The summed E-state index contributed by atoms with van der Waals surface area (Å²) < 4.78 is 20.2. The molecule has 92 valence electrons. The number of rotatable bonds is 3. The van der Waals surface area contributed by atoms with Gasteiger partial charge in [0.2, 0.25) is 0 Å². The van der Waals surface area contributed by atoms with Crippen molar-refractivity contribution in [3.05, 3.63) is 33.7 Å². The highest BCUT2D eigenvalue weighted by atomic mass is 79.9. The molecule has 17 heavy (non-hydrogen) atoms. The number of hydrogen-bond acceptors (Lipinski definition) is 2. The summed E-state index contributed by atoms with van der Waals surface area (Å²) in [5, 5.41) is 3.90. The average molecular weight is 300 g/mol. The molecule has 2 aromatic rings. The molecule has 1 aromatic heterocycles. The van der Waals surface area contributed by atoms with Crippen molar-refractivity contribution in [2.45, 2.75) is 26.3 Å². The fraction of sp³-hybridized carbons (Fsp3) is 0.385. The van der Waals surface area contributed by atoms with E-state index in [1.807, 2.05) is 13.1 Å². The molecule has 1 heterocycles. The van der Waals surface area contributed by atoms with Gasteiger partial charge in [0.25, 0.3) is 0 Å². The van der Waals surface area contributed by atoms with Gasteiger partial charge in [0.05, 0.1) is 6.54 Å². The van der Waals surface area contributed by atoms with Crippen molar-refractivity contribution in [1.29, 1.82) is 0 Å². The zero-order chi connectivity index (χ0) is 12.6. The van der Waals surface area contributed by atoms with Gasteiger partial charge in [0, 0.05) is 15.4 Å². The normalized spacial score (nSPS) is 11.6. The van der Waals surface area contributed by atoms with Crippen molar-refractivity contribution in [2.24, 2.45) is 0 Å². The third-order valence-electron chi connectivity index (χ3n) is 2.74. The first kappa shape index (κ1) is 12.6. The van der Waals surface area contributed by atoms with E-state index in [1.54, 1.807) is 0 Å². The highest BCUT2D eigenvalue weighted by molar-refractivity contribution is 9.10. The standard InChI is InChI=1S/C13H15BrFNO/c1-7(2)12-9-4-8(14)5-10(15)13(9)17-11(12)6-16-3/h4-5,7,16H,6H2,1-3H3. The van der Waals surface area contributed by atoms with Crippen molar-refractivity contribution < 1.29 is 8.81 Å². The Morgan fingerprint density at radius 2 is 2.12 bits per heavy atom. The highest BCUT2D eigenvalue weighted by Gasteiger charge is 2.19. The SMILES string of the molecule is CNCc1oc2c(F)cc(Br)cc2c1C(C)C. The van der Waals surface area contributed by atoms with Crippen LogP contribution in [-0.2, 0) is 6.54 Å². The second-order valence-corrected chi connectivity index (χ2v) is 5.30. The quantitative estimate of drug-likeness (QED) is 0.920. The van der Waals surface area contributed by atoms with Gasteiger partial charge in [-0.15, -0.1) is 0 Å². The number of furan rings is 1. The fourth-order valence-electron chi connectivity index (χ4n) is 2.12. The van der Waals surface area contributed by atoms with Crippen LogP contribution in [0.3, 0.4) is 0 Å². The molecule has 0 bridgehead atoms. The second kappa shape index (κ2) is 4.78. The first-order valence-electron chi connectivity index (χ1n) is 5.59. The second-order valence-electron chi connectivity index (χ2n) is 4.39. The average Bonchev–Trinajstić information content (AvgIpc) is 2.57. The van der Waals surface area contributed by atoms with Crippen LogP contribution in [0.2, 0.25) is 0 Å². The number of nitrogens with one attached hydrogen (secondary N) is 1. The summed E-state index contributed by atoms with van der Waals surface area (Å²) in [4.78, 5) is 0. The number of benzene rings is 1. The monoisotopic (exact) mass is 299 g/mol. The maximum Gasteiger partial charge on any atom is 0.170 e. The van der Waals surface area contributed by atoms with Gasteiger partial charge in [-0.1, -0.05) is 29.8 Å². The summed E-state index contributed by atoms with van der Waals surface area (Å²) in [6.45, 7) is 4.78. The molecule has 2 nitrogen and oxygen atoms in total. The van der Waals surface area contributed by atoms with Gasteiger partial charge in [0.1, 0.15) is 5.76 Å². The molecule has 0 aliphatic heterocycles. The lowest BCUT2D eigenvalue weighted by Gasteiger charge is -2.05. The molecule has 0 fully saturated rings. The number of halogens is 2. The Bertz CT molecular complexity index is 548. The zero-order valence-electron chi connectivity index (χ0n) is 10.1. The van der Waals surface area contributed by atoms with E-state index in [-0.39, 0.29) is 5.82 Å². The Balaban J connectivity index is 2.75. The van der Waals surface area contributed by atoms with Crippen LogP contribution in [0.25, 0.3) is 11.0 Å². The van der Waals surface area contributed by atoms with Crippen molar-refractivity contribution in [3.8, 4) is 0 Å². The summed E-state index contributed by atoms with van der Waals surface area (Å²) in [5.41, 5.74) is 1.43. The molecule has 0 aliphatic rings.